The van der Waals surface area contributed by atoms with Gasteiger partial charge in [0.05, 0.1) is 25.9 Å². The molecule has 0 heterocycles. The third-order valence-electron chi connectivity index (χ3n) is 9.92. The summed E-state index contributed by atoms with van der Waals surface area (Å²) in [5, 5.41) is 28.7. The van der Waals surface area contributed by atoms with Crippen molar-refractivity contribution >= 4 is 19.8 Å². The lowest BCUT2D eigenvalue weighted by Gasteiger charge is -2.20. The Morgan fingerprint density at radius 3 is 1.53 bits per heavy atom. The number of phosphoric ester groups is 1. The third-order valence-corrected chi connectivity index (χ3v) is 10.9. The van der Waals surface area contributed by atoms with E-state index in [1.165, 1.54) is 83.5 Å². The Hall–Kier alpha value is -2.63. The Morgan fingerprint density at radius 1 is 0.565 bits per heavy atom. The molecule has 0 fully saturated rings. The van der Waals surface area contributed by atoms with Gasteiger partial charge in [-0.05, 0) is 50.9 Å². The highest BCUT2D eigenvalue weighted by atomic mass is 31.2. The van der Waals surface area contributed by atoms with E-state index in [2.05, 4.69) is 73.9 Å². The number of carbonyl (C=O) groups excluding carboxylic acids is 2. The maximum atomic E-state index is 12.7. The molecule has 0 saturated carbocycles. The predicted octanol–water partition coefficient (Wildman–Crippen LogP) is 12.1. The van der Waals surface area contributed by atoms with E-state index in [1.54, 1.807) is 12.2 Å². The second-order valence-corrected chi connectivity index (χ2v) is 17.9. The van der Waals surface area contributed by atoms with Crippen LogP contribution in [0.15, 0.2) is 72.9 Å². The Kier molecular flexibility index (Phi) is 41.8. The SMILES string of the molecule is CC/C=C\C/C=C\C/C=C\C/C=C\C/C=C\C=C/C(O)CCC(=O)O[C@H](COC(=O)CCCCCCCCCCCCCCCCCCC(C)C)COP(=O)(O)OC[C@@H](O)CO. The summed E-state index contributed by atoms with van der Waals surface area (Å²) in [7, 11) is -4.69. The number of aliphatic hydroxyl groups excluding tert-OH is 3. The van der Waals surface area contributed by atoms with Gasteiger partial charge in [0.25, 0.3) is 0 Å². The summed E-state index contributed by atoms with van der Waals surface area (Å²) < 4.78 is 32.6. The zero-order chi connectivity index (χ0) is 45.8. The lowest BCUT2D eigenvalue weighted by Crippen LogP contribution is -2.30. The van der Waals surface area contributed by atoms with Gasteiger partial charge in [-0.1, -0.05) is 196 Å². The Bertz CT molecular complexity index is 1290. The summed E-state index contributed by atoms with van der Waals surface area (Å²) in [5.41, 5.74) is 0. The van der Waals surface area contributed by atoms with Crippen molar-refractivity contribution in [3.05, 3.63) is 72.9 Å². The van der Waals surface area contributed by atoms with Gasteiger partial charge in [0.15, 0.2) is 6.10 Å². The zero-order valence-corrected chi connectivity index (χ0v) is 39.7. The van der Waals surface area contributed by atoms with E-state index >= 15 is 0 Å². The molecular weight excluding hydrogens is 808 g/mol. The van der Waals surface area contributed by atoms with Crippen molar-refractivity contribution in [2.75, 3.05) is 26.4 Å². The number of esters is 2. The largest absolute Gasteiger partial charge is 0.472 e. The molecule has 0 rings (SSSR count). The molecule has 358 valence electrons. The van der Waals surface area contributed by atoms with E-state index in [-0.39, 0.29) is 19.3 Å². The first-order valence-electron chi connectivity index (χ1n) is 23.9. The average Bonchev–Trinajstić information content (AvgIpc) is 3.25. The number of hydrogen-bond acceptors (Lipinski definition) is 10. The van der Waals surface area contributed by atoms with E-state index in [0.717, 1.165) is 57.3 Å². The van der Waals surface area contributed by atoms with Crippen LogP contribution in [0.3, 0.4) is 0 Å². The molecule has 62 heavy (non-hydrogen) atoms. The molecule has 4 atom stereocenters. The van der Waals surface area contributed by atoms with Gasteiger partial charge in [-0.25, -0.2) is 4.57 Å². The van der Waals surface area contributed by atoms with Crippen LogP contribution >= 0.6 is 7.82 Å². The van der Waals surface area contributed by atoms with Gasteiger partial charge in [-0.15, -0.1) is 0 Å². The van der Waals surface area contributed by atoms with E-state index in [0.29, 0.717) is 6.42 Å². The van der Waals surface area contributed by atoms with E-state index in [4.69, 9.17) is 19.1 Å². The number of unbranched alkanes of at least 4 members (excludes halogenated alkanes) is 15. The number of carbonyl (C=O) groups is 2. The Morgan fingerprint density at radius 2 is 1.03 bits per heavy atom. The molecule has 4 N–H and O–H groups in total. The summed E-state index contributed by atoms with van der Waals surface area (Å²) in [5.74, 6) is -0.381. The van der Waals surface area contributed by atoms with Gasteiger partial charge in [0.2, 0.25) is 0 Å². The molecule has 0 saturated heterocycles. The van der Waals surface area contributed by atoms with Gasteiger partial charge in [0.1, 0.15) is 12.7 Å². The lowest BCUT2D eigenvalue weighted by atomic mass is 10.0. The standard InChI is InChI=1S/C50H87O11P/c1-4-5-6-7-8-9-10-11-12-16-19-22-25-28-31-34-37-46(52)39-40-50(55)61-48(44-60-62(56,57)59-42-47(53)41-51)43-58-49(54)38-35-32-29-26-23-20-17-14-13-15-18-21-24-27-30-33-36-45(2)3/h5-6,8-9,11-12,19,22,28,31,34,37,45-48,51-53H,4,7,10,13-18,20-21,23-27,29-30,32-33,35-36,38-44H2,1-3H3,(H,56,57)/b6-5-,9-8-,12-11-,22-19-,31-28-,37-34-/t46?,47-,48+/m0/s1. The molecule has 2 unspecified atom stereocenters. The first-order valence-corrected chi connectivity index (χ1v) is 25.4. The fourth-order valence-corrected chi connectivity index (χ4v) is 7.02. The highest BCUT2D eigenvalue weighted by Gasteiger charge is 2.27. The fraction of sp³-hybridized carbons (Fsp3) is 0.720. The van der Waals surface area contributed by atoms with Gasteiger partial charge in [-0.3, -0.25) is 18.6 Å². The molecule has 0 spiro atoms. The van der Waals surface area contributed by atoms with Crippen molar-refractivity contribution in [3.63, 3.8) is 0 Å². The van der Waals surface area contributed by atoms with Crippen LogP contribution in [0.25, 0.3) is 0 Å². The van der Waals surface area contributed by atoms with E-state index < -0.39 is 64.5 Å². The summed E-state index contributed by atoms with van der Waals surface area (Å²) >= 11 is 0. The number of rotatable bonds is 43. The molecule has 0 bridgehead atoms. The normalized spacial score (nSPS) is 15.0. The smallest absolute Gasteiger partial charge is 0.462 e. The third kappa shape index (κ3) is 44.0. The highest BCUT2D eigenvalue weighted by Crippen LogP contribution is 2.43. The Balaban J connectivity index is 4.44. The van der Waals surface area contributed by atoms with Crippen LogP contribution in [0.2, 0.25) is 0 Å². The number of allylic oxidation sites excluding steroid dienone is 11. The average molecular weight is 895 g/mol. The maximum absolute atomic E-state index is 12.7. The second kappa shape index (κ2) is 43.6. The molecular formula is C50H87O11P. The molecule has 0 amide bonds. The summed E-state index contributed by atoms with van der Waals surface area (Å²) in [6, 6.07) is 0. The molecule has 0 aromatic carbocycles. The molecule has 0 aliphatic heterocycles. The molecule has 0 radical (unpaired) electrons. The van der Waals surface area contributed by atoms with Crippen LogP contribution < -0.4 is 0 Å². The van der Waals surface area contributed by atoms with Gasteiger partial charge in [0, 0.05) is 12.8 Å². The molecule has 0 aromatic rings. The number of ether oxygens (including phenoxy) is 2. The van der Waals surface area contributed by atoms with Crippen LogP contribution in [0.4, 0.5) is 0 Å². The van der Waals surface area contributed by atoms with Crippen LogP contribution in [0.1, 0.15) is 181 Å². The highest BCUT2D eigenvalue weighted by molar-refractivity contribution is 7.47. The summed E-state index contributed by atoms with van der Waals surface area (Å²) in [4.78, 5) is 35.1. The van der Waals surface area contributed by atoms with Crippen molar-refractivity contribution in [1.29, 1.82) is 0 Å². The summed E-state index contributed by atoms with van der Waals surface area (Å²) in [6.07, 6.45) is 46.3. The van der Waals surface area contributed by atoms with Crippen molar-refractivity contribution in [2.45, 2.75) is 200 Å². The first kappa shape index (κ1) is 59.4. The fourth-order valence-electron chi connectivity index (χ4n) is 6.23. The Labute approximate surface area is 376 Å². The number of phosphoric acid groups is 1. The predicted molar refractivity (Wildman–Crippen MR) is 252 cm³/mol. The lowest BCUT2D eigenvalue weighted by molar-refractivity contribution is -0.161. The van der Waals surface area contributed by atoms with E-state index in [9.17, 15) is 29.3 Å². The summed E-state index contributed by atoms with van der Waals surface area (Å²) in [6.45, 7) is 4.34. The number of aliphatic hydroxyl groups is 3. The minimum atomic E-state index is -4.69. The van der Waals surface area contributed by atoms with Crippen LogP contribution in [-0.4, -0.2) is 76.9 Å². The molecule has 0 aliphatic carbocycles. The van der Waals surface area contributed by atoms with E-state index in [1.807, 2.05) is 12.2 Å². The van der Waals surface area contributed by atoms with Crippen molar-refractivity contribution in [2.24, 2.45) is 5.92 Å². The van der Waals surface area contributed by atoms with Crippen LogP contribution in [-0.2, 0) is 32.7 Å². The zero-order valence-electron chi connectivity index (χ0n) is 38.8. The molecule has 0 aliphatic rings. The van der Waals surface area contributed by atoms with Crippen LogP contribution in [0.5, 0.6) is 0 Å². The molecule has 12 heteroatoms. The van der Waals surface area contributed by atoms with Crippen molar-refractivity contribution in [1.82, 2.24) is 0 Å². The van der Waals surface area contributed by atoms with Crippen molar-refractivity contribution in [3.8, 4) is 0 Å². The second-order valence-electron chi connectivity index (χ2n) is 16.4. The van der Waals surface area contributed by atoms with Gasteiger partial charge < -0.3 is 29.7 Å². The maximum Gasteiger partial charge on any atom is 0.472 e. The molecule has 11 nitrogen and oxygen atoms in total. The number of hydrogen-bond donors (Lipinski definition) is 4. The topological polar surface area (TPSA) is 169 Å². The van der Waals surface area contributed by atoms with Gasteiger partial charge >= 0.3 is 19.8 Å². The first-order chi connectivity index (χ1) is 30.0. The quantitative estimate of drug-likeness (QED) is 0.0151. The van der Waals surface area contributed by atoms with Gasteiger partial charge in [-0.2, -0.15) is 0 Å². The molecule has 0 aromatic heterocycles. The monoisotopic (exact) mass is 895 g/mol. The minimum absolute atomic E-state index is 0.0625. The van der Waals surface area contributed by atoms with Crippen molar-refractivity contribution < 1.29 is 52.9 Å². The van der Waals surface area contributed by atoms with Crippen LogP contribution in [0, 0.1) is 5.92 Å². The minimum Gasteiger partial charge on any atom is -0.462 e.